The Labute approximate surface area is 119 Å². The van der Waals surface area contributed by atoms with Gasteiger partial charge in [0.1, 0.15) is 0 Å². The van der Waals surface area contributed by atoms with Gasteiger partial charge in [-0.05, 0) is 38.5 Å². The number of esters is 2. The van der Waals surface area contributed by atoms with E-state index in [0.29, 0.717) is 19.4 Å². The average Bonchev–Trinajstić information content (AvgIpc) is 2.50. The predicted octanol–water partition coefficient (Wildman–Crippen LogP) is 1.66. The van der Waals surface area contributed by atoms with Crippen LogP contribution in [-0.2, 0) is 28.5 Å². The summed E-state index contributed by atoms with van der Waals surface area (Å²) in [5, 5.41) is 0. The van der Waals surface area contributed by atoms with Crippen LogP contribution in [0.4, 0.5) is 0 Å². The van der Waals surface area contributed by atoms with Crippen LogP contribution < -0.4 is 0 Å². The number of unbranched alkanes of at least 4 members (excludes halogenated alkanes) is 1. The highest BCUT2D eigenvalue weighted by molar-refractivity contribution is 5.94. The predicted molar refractivity (Wildman–Crippen MR) is 70.9 cm³/mol. The Bertz CT molecular complexity index is 282. The molecule has 0 bridgehead atoms. The van der Waals surface area contributed by atoms with E-state index in [-0.39, 0.29) is 6.29 Å². The Morgan fingerprint density at radius 2 is 1.85 bits per heavy atom. The lowest BCUT2D eigenvalue weighted by Gasteiger charge is -2.22. The van der Waals surface area contributed by atoms with Crippen LogP contribution in [0.3, 0.4) is 0 Å². The van der Waals surface area contributed by atoms with E-state index in [9.17, 15) is 9.59 Å². The SMILES string of the molecule is COC(=O)C(CCCCOC1CCCCO1)C(=O)OC. The molecular weight excluding hydrogens is 264 g/mol. The van der Waals surface area contributed by atoms with Crippen molar-refractivity contribution in [2.24, 2.45) is 5.92 Å². The molecule has 0 aliphatic carbocycles. The van der Waals surface area contributed by atoms with Gasteiger partial charge < -0.3 is 18.9 Å². The van der Waals surface area contributed by atoms with Gasteiger partial charge in [-0.2, -0.15) is 0 Å². The fraction of sp³-hybridized carbons (Fsp3) is 0.857. The van der Waals surface area contributed by atoms with Crippen LogP contribution in [0.5, 0.6) is 0 Å². The van der Waals surface area contributed by atoms with Gasteiger partial charge in [0.15, 0.2) is 12.2 Å². The number of rotatable bonds is 8. The van der Waals surface area contributed by atoms with Crippen molar-refractivity contribution in [2.75, 3.05) is 27.4 Å². The lowest BCUT2D eigenvalue weighted by atomic mass is 10.0. The van der Waals surface area contributed by atoms with E-state index in [1.54, 1.807) is 0 Å². The van der Waals surface area contributed by atoms with Crippen LogP contribution >= 0.6 is 0 Å². The van der Waals surface area contributed by atoms with E-state index in [0.717, 1.165) is 32.3 Å². The summed E-state index contributed by atoms with van der Waals surface area (Å²) in [5.41, 5.74) is 0. The van der Waals surface area contributed by atoms with E-state index < -0.39 is 17.9 Å². The second kappa shape index (κ2) is 9.72. The maximum Gasteiger partial charge on any atom is 0.320 e. The van der Waals surface area contributed by atoms with Gasteiger partial charge >= 0.3 is 11.9 Å². The van der Waals surface area contributed by atoms with Gasteiger partial charge in [0, 0.05) is 13.2 Å². The van der Waals surface area contributed by atoms with Crippen molar-refractivity contribution in [2.45, 2.75) is 44.8 Å². The molecule has 0 aromatic rings. The summed E-state index contributed by atoms with van der Waals surface area (Å²) >= 11 is 0. The summed E-state index contributed by atoms with van der Waals surface area (Å²) in [6, 6.07) is 0. The third-order valence-corrected chi connectivity index (χ3v) is 3.30. The zero-order chi connectivity index (χ0) is 14.8. The molecule has 1 unspecified atom stereocenters. The molecule has 1 aliphatic heterocycles. The maximum atomic E-state index is 11.4. The quantitative estimate of drug-likeness (QED) is 0.384. The Morgan fingerprint density at radius 3 is 2.40 bits per heavy atom. The fourth-order valence-corrected chi connectivity index (χ4v) is 2.12. The smallest absolute Gasteiger partial charge is 0.320 e. The van der Waals surface area contributed by atoms with Gasteiger partial charge in [0.05, 0.1) is 14.2 Å². The largest absolute Gasteiger partial charge is 0.468 e. The Hall–Kier alpha value is -1.14. The molecule has 0 radical (unpaired) electrons. The van der Waals surface area contributed by atoms with Crippen molar-refractivity contribution in [1.82, 2.24) is 0 Å². The minimum absolute atomic E-state index is 0.0965. The first-order valence-corrected chi connectivity index (χ1v) is 7.08. The Morgan fingerprint density at radius 1 is 1.15 bits per heavy atom. The molecule has 0 aromatic heterocycles. The molecule has 0 spiro atoms. The first-order chi connectivity index (χ1) is 9.69. The third-order valence-electron chi connectivity index (χ3n) is 3.30. The highest BCUT2D eigenvalue weighted by Crippen LogP contribution is 2.16. The van der Waals surface area contributed by atoms with E-state index in [4.69, 9.17) is 9.47 Å². The number of hydrogen-bond acceptors (Lipinski definition) is 6. The zero-order valence-corrected chi connectivity index (χ0v) is 12.3. The molecule has 6 nitrogen and oxygen atoms in total. The molecule has 1 fully saturated rings. The lowest BCUT2D eigenvalue weighted by molar-refractivity contribution is -0.164. The number of methoxy groups -OCH3 is 2. The van der Waals surface area contributed by atoms with Gasteiger partial charge in [0.2, 0.25) is 0 Å². The maximum absolute atomic E-state index is 11.4. The summed E-state index contributed by atoms with van der Waals surface area (Å²) in [4.78, 5) is 22.9. The molecule has 1 aliphatic rings. The highest BCUT2D eigenvalue weighted by Gasteiger charge is 2.27. The second-order valence-electron chi connectivity index (χ2n) is 4.76. The van der Waals surface area contributed by atoms with Crippen molar-refractivity contribution in [1.29, 1.82) is 0 Å². The van der Waals surface area contributed by atoms with Gasteiger partial charge in [-0.3, -0.25) is 9.59 Å². The minimum Gasteiger partial charge on any atom is -0.468 e. The summed E-state index contributed by atoms with van der Waals surface area (Å²) in [5.74, 6) is -1.93. The molecule has 1 rings (SSSR count). The lowest BCUT2D eigenvalue weighted by Crippen LogP contribution is -2.26. The number of ether oxygens (including phenoxy) is 4. The molecule has 1 heterocycles. The first-order valence-electron chi connectivity index (χ1n) is 7.08. The monoisotopic (exact) mass is 288 g/mol. The van der Waals surface area contributed by atoms with Crippen molar-refractivity contribution in [3.05, 3.63) is 0 Å². The molecule has 0 aromatic carbocycles. The number of hydrogen-bond donors (Lipinski definition) is 0. The molecule has 0 N–H and O–H groups in total. The number of carbonyl (C=O) groups is 2. The Balaban J connectivity index is 2.16. The summed E-state index contributed by atoms with van der Waals surface area (Å²) in [6.45, 7) is 1.33. The van der Waals surface area contributed by atoms with Gasteiger partial charge in [-0.25, -0.2) is 0 Å². The molecule has 20 heavy (non-hydrogen) atoms. The van der Waals surface area contributed by atoms with Crippen molar-refractivity contribution >= 4 is 11.9 Å². The van der Waals surface area contributed by atoms with Gasteiger partial charge in [0.25, 0.3) is 0 Å². The average molecular weight is 288 g/mol. The summed E-state index contributed by atoms with van der Waals surface area (Å²) in [7, 11) is 2.53. The molecule has 1 atom stereocenters. The van der Waals surface area contributed by atoms with Crippen molar-refractivity contribution < 1.29 is 28.5 Å². The van der Waals surface area contributed by atoms with Gasteiger partial charge in [-0.1, -0.05) is 0 Å². The van der Waals surface area contributed by atoms with Gasteiger partial charge in [-0.15, -0.1) is 0 Å². The van der Waals surface area contributed by atoms with Crippen LogP contribution in [0, 0.1) is 5.92 Å². The topological polar surface area (TPSA) is 71.1 Å². The highest BCUT2D eigenvalue weighted by atomic mass is 16.7. The van der Waals surface area contributed by atoms with Crippen LogP contribution in [0.25, 0.3) is 0 Å². The zero-order valence-electron chi connectivity index (χ0n) is 12.3. The van der Waals surface area contributed by atoms with E-state index in [2.05, 4.69) is 9.47 Å². The van der Waals surface area contributed by atoms with Crippen molar-refractivity contribution in [3.63, 3.8) is 0 Å². The number of carbonyl (C=O) groups excluding carboxylic acids is 2. The Kier molecular flexibility index (Phi) is 8.22. The second-order valence-corrected chi connectivity index (χ2v) is 4.76. The standard InChI is InChI=1S/C14H24O6/c1-17-13(15)11(14(16)18-2)7-3-5-9-19-12-8-4-6-10-20-12/h11-12H,3-10H2,1-2H3. The summed E-state index contributed by atoms with van der Waals surface area (Å²) < 4.78 is 20.2. The van der Waals surface area contributed by atoms with E-state index in [1.165, 1.54) is 14.2 Å². The van der Waals surface area contributed by atoms with Crippen LogP contribution in [0.2, 0.25) is 0 Å². The molecule has 1 saturated heterocycles. The molecule has 116 valence electrons. The first kappa shape index (κ1) is 16.9. The molecule has 0 saturated carbocycles. The van der Waals surface area contributed by atoms with Crippen LogP contribution in [0.15, 0.2) is 0 Å². The minimum atomic E-state index is -0.837. The van der Waals surface area contributed by atoms with E-state index in [1.807, 2.05) is 0 Å². The third kappa shape index (κ3) is 5.88. The van der Waals surface area contributed by atoms with Crippen LogP contribution in [-0.4, -0.2) is 45.7 Å². The van der Waals surface area contributed by atoms with E-state index >= 15 is 0 Å². The molecule has 0 amide bonds. The summed E-state index contributed by atoms with van der Waals surface area (Å²) in [6.07, 6.45) is 4.95. The van der Waals surface area contributed by atoms with Crippen LogP contribution in [0.1, 0.15) is 38.5 Å². The fourth-order valence-electron chi connectivity index (χ4n) is 2.12. The normalized spacial score (nSPS) is 18.9. The van der Waals surface area contributed by atoms with Crippen molar-refractivity contribution in [3.8, 4) is 0 Å². The molecular formula is C14H24O6. The molecule has 6 heteroatoms.